The highest BCUT2D eigenvalue weighted by molar-refractivity contribution is 5.95. The Morgan fingerprint density at radius 3 is 2.73 bits per heavy atom. The molecule has 0 aliphatic carbocycles. The lowest BCUT2D eigenvalue weighted by atomic mass is 9.95. The van der Waals surface area contributed by atoms with Crippen LogP contribution in [0.5, 0.6) is 0 Å². The zero-order chi connectivity index (χ0) is 16.3. The van der Waals surface area contributed by atoms with Gasteiger partial charge in [-0.2, -0.15) is 4.98 Å². The van der Waals surface area contributed by atoms with Crippen LogP contribution in [0.25, 0.3) is 11.5 Å². The van der Waals surface area contributed by atoms with E-state index < -0.39 is 5.41 Å². The van der Waals surface area contributed by atoms with Crippen LogP contribution in [0.1, 0.15) is 32.2 Å². The summed E-state index contributed by atoms with van der Waals surface area (Å²) in [6.45, 7) is 7.82. The number of nitrogens with zero attached hydrogens (tertiary/aromatic N) is 2. The molecular weight excluding hydrogens is 282 g/mol. The minimum atomic E-state index is -0.460. The first-order valence-corrected chi connectivity index (χ1v) is 7.06. The van der Waals surface area contributed by atoms with Gasteiger partial charge in [-0.25, -0.2) is 0 Å². The zero-order valence-corrected chi connectivity index (χ0v) is 13.6. The van der Waals surface area contributed by atoms with E-state index in [1.807, 2.05) is 45.9 Å². The van der Waals surface area contributed by atoms with Gasteiger partial charge in [0.2, 0.25) is 5.91 Å². The standard InChI is InChI=1S/C16H21N3O3/c1-10-11(14-18-13(9-21-5)19-22-14)7-6-8-12(10)17-15(20)16(2,3)4/h6-8H,9H2,1-5H3,(H,17,20). The van der Waals surface area contributed by atoms with Crippen molar-refractivity contribution in [3.8, 4) is 11.5 Å². The van der Waals surface area contributed by atoms with Gasteiger partial charge in [0, 0.05) is 23.8 Å². The summed E-state index contributed by atoms with van der Waals surface area (Å²) in [6.07, 6.45) is 0. The van der Waals surface area contributed by atoms with Gasteiger partial charge in [-0.05, 0) is 24.6 Å². The fraction of sp³-hybridized carbons (Fsp3) is 0.438. The number of rotatable bonds is 4. The number of nitrogens with one attached hydrogen (secondary N) is 1. The van der Waals surface area contributed by atoms with E-state index in [0.29, 0.717) is 18.3 Å². The van der Waals surface area contributed by atoms with Crippen LogP contribution in [-0.4, -0.2) is 23.2 Å². The smallest absolute Gasteiger partial charge is 0.258 e. The molecular formula is C16H21N3O3. The molecule has 0 unspecified atom stereocenters. The monoisotopic (exact) mass is 303 g/mol. The molecule has 0 spiro atoms. The Bertz CT molecular complexity index is 672. The number of aromatic nitrogens is 2. The minimum Gasteiger partial charge on any atom is -0.377 e. The molecule has 0 bridgehead atoms. The summed E-state index contributed by atoms with van der Waals surface area (Å²) >= 11 is 0. The van der Waals surface area contributed by atoms with E-state index in [0.717, 1.165) is 16.8 Å². The fourth-order valence-corrected chi connectivity index (χ4v) is 1.86. The van der Waals surface area contributed by atoms with Crippen LogP contribution in [0.4, 0.5) is 5.69 Å². The van der Waals surface area contributed by atoms with E-state index in [-0.39, 0.29) is 5.91 Å². The maximum Gasteiger partial charge on any atom is 0.258 e. The van der Waals surface area contributed by atoms with Crippen LogP contribution in [0.2, 0.25) is 0 Å². The third-order valence-electron chi connectivity index (χ3n) is 3.24. The molecule has 0 aliphatic rings. The molecule has 1 N–H and O–H groups in total. The van der Waals surface area contributed by atoms with Gasteiger partial charge in [0.1, 0.15) is 6.61 Å². The predicted molar refractivity (Wildman–Crippen MR) is 83.3 cm³/mol. The highest BCUT2D eigenvalue weighted by Gasteiger charge is 2.22. The SMILES string of the molecule is COCc1noc(-c2cccc(NC(=O)C(C)(C)C)c2C)n1. The second-order valence-electron chi connectivity index (χ2n) is 6.13. The summed E-state index contributed by atoms with van der Waals surface area (Å²) in [5.74, 6) is 0.857. The second kappa shape index (κ2) is 6.27. The molecule has 118 valence electrons. The second-order valence-corrected chi connectivity index (χ2v) is 6.13. The van der Waals surface area contributed by atoms with E-state index in [1.54, 1.807) is 7.11 Å². The Morgan fingerprint density at radius 1 is 1.36 bits per heavy atom. The molecule has 6 heteroatoms. The number of ether oxygens (including phenoxy) is 1. The molecule has 1 aromatic heterocycles. The summed E-state index contributed by atoms with van der Waals surface area (Å²) in [5.41, 5.74) is 1.96. The maximum absolute atomic E-state index is 12.1. The van der Waals surface area contributed by atoms with Crippen molar-refractivity contribution in [1.82, 2.24) is 10.1 Å². The molecule has 0 aliphatic heterocycles. The third-order valence-corrected chi connectivity index (χ3v) is 3.24. The van der Waals surface area contributed by atoms with Gasteiger partial charge in [0.05, 0.1) is 0 Å². The molecule has 0 saturated heterocycles. The molecule has 0 atom stereocenters. The molecule has 0 fully saturated rings. The number of hydrogen-bond donors (Lipinski definition) is 1. The van der Waals surface area contributed by atoms with Gasteiger partial charge >= 0.3 is 0 Å². The van der Waals surface area contributed by atoms with E-state index in [4.69, 9.17) is 9.26 Å². The van der Waals surface area contributed by atoms with Crippen LogP contribution in [0.15, 0.2) is 22.7 Å². The van der Waals surface area contributed by atoms with E-state index in [1.165, 1.54) is 0 Å². The third kappa shape index (κ3) is 3.51. The normalized spacial score (nSPS) is 11.5. The Labute approximate surface area is 129 Å². The Kier molecular flexibility index (Phi) is 4.61. The van der Waals surface area contributed by atoms with Crippen LogP contribution in [0.3, 0.4) is 0 Å². The molecule has 2 aromatic rings. The van der Waals surface area contributed by atoms with Gasteiger partial charge in [-0.1, -0.05) is 32.0 Å². The van der Waals surface area contributed by atoms with Crippen molar-refractivity contribution in [2.24, 2.45) is 5.41 Å². The predicted octanol–water partition coefficient (Wildman–Crippen LogP) is 3.18. The number of carbonyl (C=O) groups is 1. The minimum absolute atomic E-state index is 0.0432. The average Bonchev–Trinajstić information content (AvgIpc) is 2.89. The van der Waals surface area contributed by atoms with Crippen molar-refractivity contribution in [3.63, 3.8) is 0 Å². The number of carbonyl (C=O) groups excluding carboxylic acids is 1. The first-order chi connectivity index (χ1) is 10.3. The summed E-state index contributed by atoms with van der Waals surface area (Å²) in [6, 6.07) is 5.59. The number of methoxy groups -OCH3 is 1. The largest absolute Gasteiger partial charge is 0.377 e. The molecule has 1 aromatic carbocycles. The van der Waals surface area contributed by atoms with Gasteiger partial charge in [-0.3, -0.25) is 4.79 Å². The molecule has 1 heterocycles. The zero-order valence-electron chi connectivity index (χ0n) is 13.6. The summed E-state index contributed by atoms with van der Waals surface area (Å²) in [4.78, 5) is 16.4. The topological polar surface area (TPSA) is 77.3 Å². The highest BCUT2D eigenvalue weighted by atomic mass is 16.5. The lowest BCUT2D eigenvalue weighted by Crippen LogP contribution is -2.27. The summed E-state index contributed by atoms with van der Waals surface area (Å²) in [7, 11) is 1.57. The van der Waals surface area contributed by atoms with Crippen molar-refractivity contribution in [1.29, 1.82) is 0 Å². The van der Waals surface area contributed by atoms with Crippen molar-refractivity contribution < 1.29 is 14.1 Å². The number of benzene rings is 1. The first kappa shape index (κ1) is 16.2. The number of hydrogen-bond acceptors (Lipinski definition) is 5. The van der Waals surface area contributed by atoms with Crippen LogP contribution in [0, 0.1) is 12.3 Å². The van der Waals surface area contributed by atoms with Crippen molar-refractivity contribution >= 4 is 11.6 Å². The lowest BCUT2D eigenvalue weighted by Gasteiger charge is -2.19. The Morgan fingerprint density at radius 2 is 2.09 bits per heavy atom. The molecule has 0 radical (unpaired) electrons. The van der Waals surface area contributed by atoms with Gasteiger partial charge in [-0.15, -0.1) is 0 Å². The maximum atomic E-state index is 12.1. The van der Waals surface area contributed by atoms with Crippen molar-refractivity contribution in [3.05, 3.63) is 29.6 Å². The molecule has 6 nitrogen and oxygen atoms in total. The van der Waals surface area contributed by atoms with E-state index >= 15 is 0 Å². The van der Waals surface area contributed by atoms with Gasteiger partial charge in [0.25, 0.3) is 5.89 Å². The summed E-state index contributed by atoms with van der Waals surface area (Å²) < 4.78 is 10.2. The highest BCUT2D eigenvalue weighted by Crippen LogP contribution is 2.28. The molecule has 1 amide bonds. The molecule has 0 saturated carbocycles. The first-order valence-electron chi connectivity index (χ1n) is 7.06. The average molecular weight is 303 g/mol. The van der Waals surface area contributed by atoms with Gasteiger partial charge < -0.3 is 14.6 Å². The van der Waals surface area contributed by atoms with E-state index in [2.05, 4.69) is 15.5 Å². The number of amides is 1. The Balaban J connectivity index is 2.30. The summed E-state index contributed by atoms with van der Waals surface area (Å²) in [5, 5.41) is 6.79. The molecule has 22 heavy (non-hydrogen) atoms. The van der Waals surface area contributed by atoms with Crippen LogP contribution >= 0.6 is 0 Å². The van der Waals surface area contributed by atoms with Crippen LogP contribution < -0.4 is 5.32 Å². The fourth-order valence-electron chi connectivity index (χ4n) is 1.86. The number of anilines is 1. The molecule has 2 rings (SSSR count). The van der Waals surface area contributed by atoms with Crippen molar-refractivity contribution in [2.75, 3.05) is 12.4 Å². The van der Waals surface area contributed by atoms with E-state index in [9.17, 15) is 4.79 Å². The van der Waals surface area contributed by atoms with Crippen LogP contribution in [-0.2, 0) is 16.1 Å². The van der Waals surface area contributed by atoms with Gasteiger partial charge in [0.15, 0.2) is 5.82 Å². The lowest BCUT2D eigenvalue weighted by molar-refractivity contribution is -0.123. The van der Waals surface area contributed by atoms with Crippen molar-refractivity contribution in [2.45, 2.75) is 34.3 Å². The quantitative estimate of drug-likeness (QED) is 0.938. The Hall–Kier alpha value is -2.21.